The highest BCUT2D eigenvalue weighted by molar-refractivity contribution is 5.80. The summed E-state index contributed by atoms with van der Waals surface area (Å²) in [4.78, 5) is 12.2. The van der Waals surface area contributed by atoms with Crippen molar-refractivity contribution in [1.29, 1.82) is 0 Å². The molecule has 192 valence electrons. The van der Waals surface area contributed by atoms with E-state index in [2.05, 4.69) is 19.2 Å². The number of carbonyl (C=O) groups excluding carboxylic acids is 1. The van der Waals surface area contributed by atoms with Crippen LogP contribution in [0.2, 0.25) is 0 Å². The fraction of sp³-hybridized carbons (Fsp3) is 0.962. The SMILES string of the molecule is CCCCCCCCCCCCCC(O)C(=O)NC(CO)C(O)C(O)CCCCCCC. The van der Waals surface area contributed by atoms with E-state index >= 15 is 0 Å². The van der Waals surface area contributed by atoms with E-state index < -0.39 is 36.9 Å². The molecule has 0 heterocycles. The number of carbonyl (C=O) groups is 1. The molecule has 4 unspecified atom stereocenters. The van der Waals surface area contributed by atoms with E-state index in [9.17, 15) is 25.2 Å². The van der Waals surface area contributed by atoms with E-state index in [1.807, 2.05) is 0 Å². The van der Waals surface area contributed by atoms with Crippen molar-refractivity contribution in [1.82, 2.24) is 5.32 Å². The molecule has 0 saturated heterocycles. The van der Waals surface area contributed by atoms with Gasteiger partial charge in [0.05, 0.1) is 18.8 Å². The number of hydrogen-bond acceptors (Lipinski definition) is 5. The lowest BCUT2D eigenvalue weighted by Crippen LogP contribution is -2.53. The molecule has 0 bridgehead atoms. The van der Waals surface area contributed by atoms with Crippen LogP contribution in [-0.4, -0.2) is 57.3 Å². The average molecular weight is 460 g/mol. The molecule has 6 heteroatoms. The van der Waals surface area contributed by atoms with Gasteiger partial charge in [-0.05, 0) is 12.8 Å². The maximum atomic E-state index is 12.2. The third kappa shape index (κ3) is 16.9. The molecule has 0 aliphatic carbocycles. The van der Waals surface area contributed by atoms with Gasteiger partial charge in [0.25, 0.3) is 0 Å². The average Bonchev–Trinajstić information content (AvgIpc) is 2.79. The van der Waals surface area contributed by atoms with Crippen LogP contribution in [0.4, 0.5) is 0 Å². The van der Waals surface area contributed by atoms with Gasteiger partial charge in [-0.15, -0.1) is 0 Å². The van der Waals surface area contributed by atoms with E-state index in [0.29, 0.717) is 12.8 Å². The standard InChI is InChI=1S/C26H53NO5/c1-3-5-7-9-10-11-12-13-14-16-18-20-24(30)26(32)27-22(21-28)25(31)23(29)19-17-15-8-6-4-2/h22-25,28-31H,3-21H2,1-2H3,(H,27,32). The Bertz CT molecular complexity index is 421. The van der Waals surface area contributed by atoms with E-state index in [1.165, 1.54) is 51.4 Å². The van der Waals surface area contributed by atoms with E-state index in [4.69, 9.17) is 0 Å². The second kappa shape index (κ2) is 22.1. The molecule has 6 nitrogen and oxygen atoms in total. The zero-order valence-electron chi connectivity index (χ0n) is 20.9. The van der Waals surface area contributed by atoms with Gasteiger partial charge >= 0.3 is 0 Å². The van der Waals surface area contributed by atoms with Crippen LogP contribution in [-0.2, 0) is 4.79 Å². The number of unbranched alkanes of at least 4 members (excludes halogenated alkanes) is 14. The van der Waals surface area contributed by atoms with E-state index in [-0.39, 0.29) is 0 Å². The van der Waals surface area contributed by atoms with Crippen LogP contribution in [0, 0.1) is 0 Å². The minimum atomic E-state index is -1.25. The molecule has 5 N–H and O–H groups in total. The molecule has 0 rings (SSSR count). The van der Waals surface area contributed by atoms with Crippen LogP contribution in [0.1, 0.15) is 129 Å². The first-order valence-electron chi connectivity index (χ1n) is 13.4. The molecule has 0 radical (unpaired) electrons. The predicted molar refractivity (Wildman–Crippen MR) is 131 cm³/mol. The normalized spacial score (nSPS) is 15.3. The number of amides is 1. The summed E-state index contributed by atoms with van der Waals surface area (Å²) in [5.74, 6) is -0.592. The van der Waals surface area contributed by atoms with Crippen LogP contribution >= 0.6 is 0 Å². The summed E-state index contributed by atoms with van der Waals surface area (Å²) in [5, 5.41) is 42.6. The minimum absolute atomic E-state index is 0.372. The Morgan fingerprint density at radius 3 is 1.50 bits per heavy atom. The third-order valence-corrected chi connectivity index (χ3v) is 6.32. The lowest BCUT2D eigenvalue weighted by atomic mass is 9.99. The molecule has 0 spiro atoms. The van der Waals surface area contributed by atoms with Crippen molar-refractivity contribution >= 4 is 5.91 Å². The first-order chi connectivity index (χ1) is 15.5. The maximum absolute atomic E-state index is 12.2. The van der Waals surface area contributed by atoms with Crippen LogP contribution in [0.15, 0.2) is 0 Å². The zero-order valence-corrected chi connectivity index (χ0v) is 20.9. The molecule has 0 saturated carbocycles. The summed E-state index contributed by atoms with van der Waals surface area (Å²) in [5.41, 5.74) is 0. The number of nitrogens with one attached hydrogen (secondary N) is 1. The Hall–Kier alpha value is -0.690. The Morgan fingerprint density at radius 2 is 1.06 bits per heavy atom. The number of rotatable bonds is 23. The van der Waals surface area contributed by atoms with Gasteiger partial charge in [-0.1, -0.05) is 117 Å². The monoisotopic (exact) mass is 459 g/mol. The number of hydrogen-bond donors (Lipinski definition) is 5. The predicted octanol–water partition coefficient (Wildman–Crippen LogP) is 4.61. The zero-order chi connectivity index (χ0) is 24.0. The molecular formula is C26H53NO5. The second-order valence-electron chi connectivity index (χ2n) is 9.40. The number of aliphatic hydroxyl groups is 4. The molecule has 4 atom stereocenters. The molecular weight excluding hydrogens is 406 g/mol. The van der Waals surface area contributed by atoms with Gasteiger partial charge in [-0.3, -0.25) is 4.79 Å². The summed E-state index contributed by atoms with van der Waals surface area (Å²) in [7, 11) is 0. The van der Waals surface area contributed by atoms with Crippen molar-refractivity contribution in [3.63, 3.8) is 0 Å². The molecule has 0 aliphatic heterocycles. The molecule has 0 aromatic carbocycles. The Kier molecular flexibility index (Phi) is 21.6. The van der Waals surface area contributed by atoms with Gasteiger partial charge in [0, 0.05) is 0 Å². The van der Waals surface area contributed by atoms with Crippen molar-refractivity contribution in [3.8, 4) is 0 Å². The molecule has 0 aromatic heterocycles. The maximum Gasteiger partial charge on any atom is 0.249 e. The lowest BCUT2D eigenvalue weighted by molar-refractivity contribution is -0.132. The highest BCUT2D eigenvalue weighted by Crippen LogP contribution is 2.14. The summed E-state index contributed by atoms with van der Waals surface area (Å²) < 4.78 is 0. The highest BCUT2D eigenvalue weighted by atomic mass is 16.3. The van der Waals surface area contributed by atoms with Gasteiger partial charge in [0.1, 0.15) is 12.2 Å². The Morgan fingerprint density at radius 1 is 0.656 bits per heavy atom. The van der Waals surface area contributed by atoms with Crippen LogP contribution in [0.3, 0.4) is 0 Å². The van der Waals surface area contributed by atoms with Crippen LogP contribution in [0.25, 0.3) is 0 Å². The fourth-order valence-corrected chi connectivity index (χ4v) is 4.05. The van der Waals surface area contributed by atoms with Crippen molar-refractivity contribution in [2.45, 2.75) is 154 Å². The Labute approximate surface area is 197 Å². The van der Waals surface area contributed by atoms with Crippen molar-refractivity contribution in [2.75, 3.05) is 6.61 Å². The second-order valence-corrected chi connectivity index (χ2v) is 9.40. The lowest BCUT2D eigenvalue weighted by Gasteiger charge is -2.27. The fourth-order valence-electron chi connectivity index (χ4n) is 4.05. The molecule has 0 aromatic rings. The summed E-state index contributed by atoms with van der Waals surface area (Å²) >= 11 is 0. The molecule has 0 fully saturated rings. The molecule has 0 aliphatic rings. The van der Waals surface area contributed by atoms with Crippen molar-refractivity contribution < 1.29 is 25.2 Å². The van der Waals surface area contributed by atoms with Crippen molar-refractivity contribution in [3.05, 3.63) is 0 Å². The van der Waals surface area contributed by atoms with Gasteiger partial charge in [0.2, 0.25) is 5.91 Å². The summed E-state index contributed by atoms with van der Waals surface area (Å²) in [6.45, 7) is 3.89. The smallest absolute Gasteiger partial charge is 0.249 e. The highest BCUT2D eigenvalue weighted by Gasteiger charge is 2.28. The number of aliphatic hydroxyl groups excluding tert-OH is 4. The minimum Gasteiger partial charge on any atom is -0.394 e. The Balaban J connectivity index is 3.92. The van der Waals surface area contributed by atoms with Gasteiger partial charge in [0.15, 0.2) is 0 Å². The largest absolute Gasteiger partial charge is 0.394 e. The van der Waals surface area contributed by atoms with Gasteiger partial charge in [-0.2, -0.15) is 0 Å². The first-order valence-corrected chi connectivity index (χ1v) is 13.4. The topological polar surface area (TPSA) is 110 Å². The van der Waals surface area contributed by atoms with Crippen LogP contribution in [0.5, 0.6) is 0 Å². The summed E-state index contributed by atoms with van der Waals surface area (Å²) in [6, 6.07) is -0.972. The first kappa shape index (κ1) is 31.3. The molecule has 32 heavy (non-hydrogen) atoms. The quantitative estimate of drug-likeness (QED) is 0.143. The van der Waals surface area contributed by atoms with Crippen molar-refractivity contribution in [2.24, 2.45) is 0 Å². The third-order valence-electron chi connectivity index (χ3n) is 6.32. The van der Waals surface area contributed by atoms with Gasteiger partial charge < -0.3 is 25.7 Å². The van der Waals surface area contributed by atoms with E-state index in [0.717, 1.165) is 51.4 Å². The van der Waals surface area contributed by atoms with Gasteiger partial charge in [-0.25, -0.2) is 0 Å². The molecule has 1 amide bonds. The van der Waals surface area contributed by atoms with E-state index in [1.54, 1.807) is 0 Å². The van der Waals surface area contributed by atoms with Crippen LogP contribution < -0.4 is 5.32 Å². The summed E-state index contributed by atoms with van der Waals surface area (Å²) in [6.07, 6.45) is 15.9.